The van der Waals surface area contributed by atoms with Gasteiger partial charge in [0.1, 0.15) is 11.3 Å². The van der Waals surface area contributed by atoms with E-state index in [4.69, 9.17) is 18.6 Å². The number of aromatic hydroxyl groups is 1. The molecule has 1 saturated heterocycles. The van der Waals surface area contributed by atoms with Crippen LogP contribution in [0.25, 0.3) is 22.1 Å². The molecule has 0 spiro atoms. The zero-order chi connectivity index (χ0) is 21.3. The summed E-state index contributed by atoms with van der Waals surface area (Å²) in [6.45, 7) is 5.39. The maximum atomic E-state index is 12.9. The normalized spacial score (nSPS) is 14.8. The maximum absolute atomic E-state index is 12.9. The first kappa shape index (κ1) is 20.3. The first-order valence-corrected chi connectivity index (χ1v) is 9.83. The van der Waals surface area contributed by atoms with Gasteiger partial charge in [0.25, 0.3) is 0 Å². The summed E-state index contributed by atoms with van der Waals surface area (Å²) >= 11 is 0. The van der Waals surface area contributed by atoms with Crippen molar-refractivity contribution in [2.24, 2.45) is 0 Å². The van der Waals surface area contributed by atoms with E-state index in [0.717, 1.165) is 24.2 Å². The summed E-state index contributed by atoms with van der Waals surface area (Å²) in [7, 11) is 3.11. The number of fused-ring (bicyclic) bond motifs is 1. The minimum absolute atomic E-state index is 0.184. The van der Waals surface area contributed by atoms with E-state index in [9.17, 15) is 9.90 Å². The molecule has 4 rings (SSSR count). The molecule has 1 aliphatic heterocycles. The van der Waals surface area contributed by atoms with Crippen LogP contribution in [0.2, 0.25) is 0 Å². The third kappa shape index (κ3) is 3.74. The lowest BCUT2D eigenvalue weighted by Crippen LogP contribution is -2.35. The molecule has 7 heteroatoms. The number of hydrogen-bond donors (Lipinski definition) is 1. The molecule has 30 heavy (non-hydrogen) atoms. The van der Waals surface area contributed by atoms with Crippen molar-refractivity contribution in [2.45, 2.75) is 13.5 Å². The first-order valence-electron chi connectivity index (χ1n) is 9.83. The van der Waals surface area contributed by atoms with Gasteiger partial charge in [-0.05, 0) is 42.3 Å². The van der Waals surface area contributed by atoms with Gasteiger partial charge in [-0.25, -0.2) is 4.79 Å². The summed E-state index contributed by atoms with van der Waals surface area (Å²) in [5.41, 5.74) is 2.59. The Hall–Kier alpha value is -3.03. The zero-order valence-corrected chi connectivity index (χ0v) is 17.4. The van der Waals surface area contributed by atoms with Gasteiger partial charge < -0.3 is 23.7 Å². The number of rotatable bonds is 5. The van der Waals surface area contributed by atoms with Gasteiger partial charge in [-0.2, -0.15) is 0 Å². The molecule has 0 radical (unpaired) electrons. The number of morpholine rings is 1. The summed E-state index contributed by atoms with van der Waals surface area (Å²) in [6.07, 6.45) is 0. The van der Waals surface area contributed by atoms with Crippen molar-refractivity contribution in [3.8, 4) is 28.4 Å². The van der Waals surface area contributed by atoms with Gasteiger partial charge in [0.05, 0.1) is 33.0 Å². The van der Waals surface area contributed by atoms with Crippen LogP contribution in [0.5, 0.6) is 17.2 Å². The second-order valence-electron chi connectivity index (χ2n) is 7.32. The number of nitrogens with zero attached hydrogens (tertiary/aromatic N) is 1. The van der Waals surface area contributed by atoms with Crippen molar-refractivity contribution in [1.82, 2.24) is 4.90 Å². The van der Waals surface area contributed by atoms with Gasteiger partial charge in [-0.1, -0.05) is 6.07 Å². The van der Waals surface area contributed by atoms with Crippen LogP contribution in [-0.4, -0.2) is 50.5 Å². The standard InChI is InChI=1S/C23H25NO6/c1-14-17-12-18(25)16(13-24-6-8-29-9-7-24)11-20(17)30-23(26)22(14)15-4-5-19(27-2)21(10-15)28-3/h4-5,10-12,25H,6-9,13H2,1-3H3. The van der Waals surface area contributed by atoms with Crippen LogP contribution in [0.15, 0.2) is 39.5 Å². The third-order valence-electron chi connectivity index (χ3n) is 5.54. The highest BCUT2D eigenvalue weighted by Crippen LogP contribution is 2.35. The zero-order valence-electron chi connectivity index (χ0n) is 17.4. The molecular formula is C23H25NO6. The molecule has 1 N–H and O–H groups in total. The van der Waals surface area contributed by atoms with Gasteiger partial charge in [0.15, 0.2) is 11.5 Å². The monoisotopic (exact) mass is 411 g/mol. The molecule has 2 aromatic carbocycles. The van der Waals surface area contributed by atoms with Gasteiger partial charge in [-0.15, -0.1) is 0 Å². The van der Waals surface area contributed by atoms with Crippen LogP contribution in [0.1, 0.15) is 11.1 Å². The highest BCUT2D eigenvalue weighted by Gasteiger charge is 2.19. The average Bonchev–Trinajstić information content (AvgIpc) is 2.75. The Morgan fingerprint density at radius 1 is 1.07 bits per heavy atom. The van der Waals surface area contributed by atoms with Crippen molar-refractivity contribution in [3.63, 3.8) is 0 Å². The quantitative estimate of drug-likeness (QED) is 0.645. The summed E-state index contributed by atoms with van der Waals surface area (Å²) in [4.78, 5) is 15.1. The molecule has 1 fully saturated rings. The minimum atomic E-state index is -0.435. The molecule has 1 aromatic heterocycles. The SMILES string of the molecule is COc1ccc(-c2c(C)c3cc(O)c(CN4CCOCC4)cc3oc2=O)cc1OC. The fourth-order valence-corrected chi connectivity index (χ4v) is 3.88. The van der Waals surface area contributed by atoms with E-state index in [0.29, 0.717) is 53.4 Å². The second-order valence-corrected chi connectivity index (χ2v) is 7.32. The minimum Gasteiger partial charge on any atom is -0.508 e. The summed E-state index contributed by atoms with van der Waals surface area (Å²) in [5.74, 6) is 1.29. The molecule has 0 saturated carbocycles. The van der Waals surface area contributed by atoms with Crippen molar-refractivity contribution in [3.05, 3.63) is 51.9 Å². The highest BCUT2D eigenvalue weighted by molar-refractivity contribution is 5.88. The molecule has 3 aromatic rings. The van der Waals surface area contributed by atoms with E-state index >= 15 is 0 Å². The van der Waals surface area contributed by atoms with E-state index < -0.39 is 5.63 Å². The van der Waals surface area contributed by atoms with Crippen molar-refractivity contribution in [2.75, 3.05) is 40.5 Å². The molecule has 0 amide bonds. The lowest BCUT2D eigenvalue weighted by atomic mass is 9.98. The summed E-state index contributed by atoms with van der Waals surface area (Å²) in [6, 6.07) is 8.72. The Labute approximate surface area is 174 Å². The Balaban J connectivity index is 1.78. The van der Waals surface area contributed by atoms with Crippen molar-refractivity contribution in [1.29, 1.82) is 0 Å². The Bertz CT molecular complexity index is 1130. The lowest BCUT2D eigenvalue weighted by Gasteiger charge is -2.26. The fraction of sp³-hybridized carbons (Fsp3) is 0.348. The van der Waals surface area contributed by atoms with Crippen LogP contribution in [0.4, 0.5) is 0 Å². The third-order valence-corrected chi connectivity index (χ3v) is 5.54. The first-order chi connectivity index (χ1) is 14.5. The molecule has 0 atom stereocenters. The maximum Gasteiger partial charge on any atom is 0.344 e. The molecule has 0 bridgehead atoms. The molecule has 1 aliphatic rings. The Morgan fingerprint density at radius 2 is 1.80 bits per heavy atom. The highest BCUT2D eigenvalue weighted by atomic mass is 16.5. The van der Waals surface area contributed by atoms with Crippen LogP contribution in [-0.2, 0) is 11.3 Å². The molecule has 7 nitrogen and oxygen atoms in total. The van der Waals surface area contributed by atoms with E-state index in [-0.39, 0.29) is 5.75 Å². The van der Waals surface area contributed by atoms with E-state index in [1.54, 1.807) is 44.6 Å². The Morgan fingerprint density at radius 3 is 2.50 bits per heavy atom. The molecule has 2 heterocycles. The smallest absolute Gasteiger partial charge is 0.344 e. The van der Waals surface area contributed by atoms with Crippen LogP contribution in [0, 0.1) is 6.92 Å². The van der Waals surface area contributed by atoms with E-state index in [1.165, 1.54) is 0 Å². The molecule has 158 valence electrons. The number of phenolic OH excluding ortho intramolecular Hbond substituents is 1. The number of aryl methyl sites for hydroxylation is 1. The van der Waals surface area contributed by atoms with E-state index in [2.05, 4.69) is 4.90 Å². The predicted octanol–water partition coefficient (Wildman–Crippen LogP) is 3.32. The van der Waals surface area contributed by atoms with Gasteiger partial charge in [0, 0.05) is 30.6 Å². The summed E-state index contributed by atoms with van der Waals surface area (Å²) < 4.78 is 21.7. The largest absolute Gasteiger partial charge is 0.508 e. The Kier molecular flexibility index (Phi) is 5.65. The van der Waals surface area contributed by atoms with Crippen molar-refractivity contribution >= 4 is 11.0 Å². The van der Waals surface area contributed by atoms with Crippen LogP contribution in [0.3, 0.4) is 0 Å². The fourth-order valence-electron chi connectivity index (χ4n) is 3.88. The molecule has 0 unspecified atom stereocenters. The number of hydrogen-bond acceptors (Lipinski definition) is 7. The predicted molar refractivity (Wildman–Crippen MR) is 114 cm³/mol. The van der Waals surface area contributed by atoms with Crippen LogP contribution < -0.4 is 15.1 Å². The second kappa shape index (κ2) is 8.38. The molecular weight excluding hydrogens is 386 g/mol. The van der Waals surface area contributed by atoms with Gasteiger partial charge in [-0.3, -0.25) is 4.90 Å². The lowest BCUT2D eigenvalue weighted by molar-refractivity contribution is 0.0339. The van der Waals surface area contributed by atoms with E-state index in [1.807, 2.05) is 6.92 Å². The van der Waals surface area contributed by atoms with Crippen molar-refractivity contribution < 1.29 is 23.7 Å². The van der Waals surface area contributed by atoms with Gasteiger partial charge in [0.2, 0.25) is 0 Å². The average molecular weight is 411 g/mol. The van der Waals surface area contributed by atoms with Gasteiger partial charge >= 0.3 is 5.63 Å². The number of methoxy groups -OCH3 is 2. The number of phenols is 1. The number of benzene rings is 2. The summed E-state index contributed by atoms with van der Waals surface area (Å²) in [5, 5.41) is 11.3. The molecule has 0 aliphatic carbocycles. The topological polar surface area (TPSA) is 81.4 Å². The van der Waals surface area contributed by atoms with Crippen LogP contribution >= 0.6 is 0 Å². The number of ether oxygens (including phenoxy) is 3.